The van der Waals surface area contributed by atoms with Crippen LogP contribution in [0.15, 0.2) is 12.1 Å². The molecule has 0 unspecified atom stereocenters. The van der Waals surface area contributed by atoms with E-state index in [-0.39, 0.29) is 5.91 Å². The second kappa shape index (κ2) is 7.62. The lowest BCUT2D eigenvalue weighted by Crippen LogP contribution is -2.22. The summed E-state index contributed by atoms with van der Waals surface area (Å²) >= 11 is 0. The highest BCUT2D eigenvalue weighted by molar-refractivity contribution is 5.95. The Bertz CT molecular complexity index is 430. The largest absolute Gasteiger partial charge is 0.490 e. The van der Waals surface area contributed by atoms with Crippen LogP contribution < -0.4 is 14.2 Å². The van der Waals surface area contributed by atoms with Crippen molar-refractivity contribution in [3.05, 3.63) is 17.7 Å². The Morgan fingerprint density at radius 1 is 0.950 bits per heavy atom. The topological polar surface area (TPSA) is 48.0 Å². The van der Waals surface area contributed by atoms with E-state index in [2.05, 4.69) is 0 Å². The van der Waals surface area contributed by atoms with E-state index < -0.39 is 0 Å². The Morgan fingerprint density at radius 3 is 1.75 bits per heavy atom. The van der Waals surface area contributed by atoms with E-state index in [0.29, 0.717) is 42.6 Å². The minimum Gasteiger partial charge on any atom is -0.490 e. The van der Waals surface area contributed by atoms with E-state index in [1.807, 2.05) is 20.8 Å². The van der Waals surface area contributed by atoms with E-state index in [1.54, 1.807) is 26.2 Å². The number of nitrogens with zero attached hydrogens (tertiary/aromatic N) is 1. The summed E-state index contributed by atoms with van der Waals surface area (Å²) in [5.41, 5.74) is 0.519. The van der Waals surface area contributed by atoms with Gasteiger partial charge in [-0.2, -0.15) is 0 Å². The maximum absolute atomic E-state index is 12.1. The second-order valence-corrected chi connectivity index (χ2v) is 4.30. The summed E-state index contributed by atoms with van der Waals surface area (Å²) in [6.45, 7) is 7.15. The van der Waals surface area contributed by atoms with Gasteiger partial charge in [0, 0.05) is 19.7 Å². The van der Waals surface area contributed by atoms with Gasteiger partial charge in [0.05, 0.1) is 19.8 Å². The highest BCUT2D eigenvalue weighted by atomic mass is 16.5. The number of amides is 1. The molecule has 1 amide bonds. The summed E-state index contributed by atoms with van der Waals surface area (Å²) in [4.78, 5) is 13.6. The summed E-state index contributed by atoms with van der Waals surface area (Å²) in [6.07, 6.45) is 0. The van der Waals surface area contributed by atoms with Crippen LogP contribution in [-0.4, -0.2) is 44.7 Å². The van der Waals surface area contributed by atoms with Gasteiger partial charge in [-0.15, -0.1) is 0 Å². The molecule has 0 atom stereocenters. The number of benzene rings is 1. The normalized spacial score (nSPS) is 10.1. The number of hydrogen-bond acceptors (Lipinski definition) is 4. The first-order valence-electron chi connectivity index (χ1n) is 6.83. The fourth-order valence-corrected chi connectivity index (χ4v) is 1.77. The maximum atomic E-state index is 12.1. The van der Waals surface area contributed by atoms with Crippen molar-refractivity contribution in [2.24, 2.45) is 0 Å². The summed E-state index contributed by atoms with van der Waals surface area (Å²) < 4.78 is 16.7. The summed E-state index contributed by atoms with van der Waals surface area (Å²) in [5, 5.41) is 0. The van der Waals surface area contributed by atoms with Crippen molar-refractivity contribution in [2.45, 2.75) is 20.8 Å². The third-order valence-electron chi connectivity index (χ3n) is 2.56. The molecule has 5 nitrogen and oxygen atoms in total. The molecule has 20 heavy (non-hydrogen) atoms. The Morgan fingerprint density at radius 2 is 1.40 bits per heavy atom. The van der Waals surface area contributed by atoms with E-state index >= 15 is 0 Å². The molecule has 0 heterocycles. The number of rotatable bonds is 7. The van der Waals surface area contributed by atoms with Crippen LogP contribution in [0.25, 0.3) is 0 Å². The van der Waals surface area contributed by atoms with Gasteiger partial charge in [-0.3, -0.25) is 4.79 Å². The first-order valence-corrected chi connectivity index (χ1v) is 6.83. The molecule has 0 N–H and O–H groups in total. The highest BCUT2D eigenvalue weighted by Crippen LogP contribution is 2.39. The van der Waals surface area contributed by atoms with Crippen LogP contribution >= 0.6 is 0 Å². The Labute approximate surface area is 120 Å². The molecule has 1 aromatic rings. The molecule has 0 saturated heterocycles. The van der Waals surface area contributed by atoms with Gasteiger partial charge < -0.3 is 19.1 Å². The molecule has 0 aliphatic rings. The molecule has 0 fully saturated rings. The van der Waals surface area contributed by atoms with Gasteiger partial charge in [0.15, 0.2) is 11.5 Å². The number of carbonyl (C=O) groups is 1. The van der Waals surface area contributed by atoms with Gasteiger partial charge in [0.1, 0.15) is 0 Å². The first-order chi connectivity index (χ1) is 9.54. The van der Waals surface area contributed by atoms with Gasteiger partial charge in [-0.05, 0) is 32.9 Å². The molecule has 1 aromatic carbocycles. The predicted octanol–water partition coefficient (Wildman–Crippen LogP) is 2.58. The van der Waals surface area contributed by atoms with Gasteiger partial charge in [0.25, 0.3) is 5.91 Å². The molecule has 1 rings (SSSR count). The van der Waals surface area contributed by atoms with Crippen LogP contribution in [0, 0.1) is 0 Å². The lowest BCUT2D eigenvalue weighted by Gasteiger charge is -2.18. The molecule has 0 aliphatic heterocycles. The molecule has 112 valence electrons. The molecular weight excluding hydrogens is 258 g/mol. The number of ether oxygens (including phenoxy) is 3. The van der Waals surface area contributed by atoms with E-state index in [9.17, 15) is 4.79 Å². The van der Waals surface area contributed by atoms with Crippen molar-refractivity contribution in [1.82, 2.24) is 4.90 Å². The van der Waals surface area contributed by atoms with Crippen LogP contribution in [0.2, 0.25) is 0 Å². The predicted molar refractivity (Wildman–Crippen MR) is 78.0 cm³/mol. The smallest absolute Gasteiger partial charge is 0.253 e. The van der Waals surface area contributed by atoms with Crippen LogP contribution in [0.5, 0.6) is 17.2 Å². The van der Waals surface area contributed by atoms with E-state index in [0.717, 1.165) is 0 Å². The summed E-state index contributed by atoms with van der Waals surface area (Å²) in [7, 11) is 3.42. The van der Waals surface area contributed by atoms with Crippen LogP contribution in [-0.2, 0) is 0 Å². The molecule has 5 heteroatoms. The van der Waals surface area contributed by atoms with Crippen LogP contribution in [0.3, 0.4) is 0 Å². The second-order valence-electron chi connectivity index (χ2n) is 4.30. The van der Waals surface area contributed by atoms with Crippen molar-refractivity contribution in [3.63, 3.8) is 0 Å². The Kier molecular flexibility index (Phi) is 6.15. The molecule has 0 radical (unpaired) electrons. The fourth-order valence-electron chi connectivity index (χ4n) is 1.77. The minimum atomic E-state index is -0.102. The van der Waals surface area contributed by atoms with Crippen molar-refractivity contribution in [1.29, 1.82) is 0 Å². The summed E-state index contributed by atoms with van der Waals surface area (Å²) in [5.74, 6) is 1.51. The fraction of sp³-hybridized carbons (Fsp3) is 0.533. The van der Waals surface area contributed by atoms with Crippen LogP contribution in [0.4, 0.5) is 0 Å². The molecular formula is C15H23NO4. The lowest BCUT2D eigenvalue weighted by atomic mass is 10.1. The number of carbonyl (C=O) groups excluding carboxylic acids is 1. The minimum absolute atomic E-state index is 0.102. The monoisotopic (exact) mass is 281 g/mol. The van der Waals surface area contributed by atoms with Crippen molar-refractivity contribution >= 4 is 5.91 Å². The third kappa shape index (κ3) is 3.79. The average molecular weight is 281 g/mol. The van der Waals surface area contributed by atoms with Crippen molar-refractivity contribution in [2.75, 3.05) is 33.9 Å². The Hall–Kier alpha value is -1.91. The van der Waals surface area contributed by atoms with Gasteiger partial charge in [-0.1, -0.05) is 0 Å². The molecule has 0 spiro atoms. The van der Waals surface area contributed by atoms with E-state index in [4.69, 9.17) is 14.2 Å². The highest BCUT2D eigenvalue weighted by Gasteiger charge is 2.19. The molecule has 0 bridgehead atoms. The van der Waals surface area contributed by atoms with Crippen molar-refractivity contribution in [3.8, 4) is 17.2 Å². The van der Waals surface area contributed by atoms with Gasteiger partial charge in [0.2, 0.25) is 5.75 Å². The maximum Gasteiger partial charge on any atom is 0.253 e. The van der Waals surface area contributed by atoms with Gasteiger partial charge in [-0.25, -0.2) is 0 Å². The van der Waals surface area contributed by atoms with Crippen molar-refractivity contribution < 1.29 is 19.0 Å². The molecule has 0 aromatic heterocycles. The van der Waals surface area contributed by atoms with E-state index in [1.165, 1.54) is 4.90 Å². The number of hydrogen-bond donors (Lipinski definition) is 0. The molecule has 0 saturated carbocycles. The quantitative estimate of drug-likeness (QED) is 0.770. The zero-order chi connectivity index (χ0) is 15.1. The zero-order valence-electron chi connectivity index (χ0n) is 12.9. The Balaban J connectivity index is 3.32. The summed E-state index contributed by atoms with van der Waals surface area (Å²) in [6, 6.07) is 3.39. The molecule has 0 aliphatic carbocycles. The van der Waals surface area contributed by atoms with Gasteiger partial charge >= 0.3 is 0 Å². The third-order valence-corrected chi connectivity index (χ3v) is 2.56. The SMILES string of the molecule is CCOc1cc(C(=O)N(C)C)cc(OCC)c1OCC. The average Bonchev–Trinajstić information content (AvgIpc) is 2.41. The zero-order valence-corrected chi connectivity index (χ0v) is 12.9. The standard InChI is InChI=1S/C15H23NO4/c1-6-18-12-9-11(15(17)16(4)5)10-13(19-7-2)14(12)20-8-3/h9-10H,6-8H2,1-5H3. The van der Waals surface area contributed by atoms with Crippen LogP contribution in [0.1, 0.15) is 31.1 Å². The first kappa shape index (κ1) is 16.1. The lowest BCUT2D eigenvalue weighted by molar-refractivity contribution is 0.0826.